The van der Waals surface area contributed by atoms with E-state index < -0.39 is 0 Å². The van der Waals surface area contributed by atoms with Gasteiger partial charge in [0.2, 0.25) is 0 Å². The van der Waals surface area contributed by atoms with Crippen molar-refractivity contribution in [3.63, 3.8) is 0 Å². The van der Waals surface area contributed by atoms with E-state index in [1.165, 1.54) is 27.7 Å². The van der Waals surface area contributed by atoms with E-state index in [1.54, 1.807) is 12.4 Å². The minimum absolute atomic E-state index is 0.208. The van der Waals surface area contributed by atoms with Gasteiger partial charge in [0.05, 0.1) is 6.54 Å². The highest BCUT2D eigenvalue weighted by Crippen LogP contribution is 2.34. The van der Waals surface area contributed by atoms with Crippen LogP contribution in [0.25, 0.3) is 10.9 Å². The van der Waals surface area contributed by atoms with Crippen molar-refractivity contribution in [1.29, 1.82) is 0 Å². The summed E-state index contributed by atoms with van der Waals surface area (Å²) in [7, 11) is 2.18. The lowest BCUT2D eigenvalue weighted by Crippen LogP contribution is -2.31. The number of carbonyl (C=O) groups excluding carboxylic acids is 1. The van der Waals surface area contributed by atoms with Crippen molar-refractivity contribution in [2.75, 3.05) is 26.7 Å². The van der Waals surface area contributed by atoms with Gasteiger partial charge in [-0.2, -0.15) is 0 Å². The second-order valence-corrected chi connectivity index (χ2v) is 8.89. The van der Waals surface area contributed by atoms with Crippen LogP contribution in [0.2, 0.25) is 0 Å². The van der Waals surface area contributed by atoms with E-state index in [2.05, 4.69) is 46.6 Å². The number of likely N-dealkylation sites (N-methyl/N-ethyl adjacent to an activating group) is 1. The van der Waals surface area contributed by atoms with E-state index in [9.17, 15) is 4.79 Å². The Morgan fingerprint density at radius 1 is 1.13 bits per heavy atom. The fourth-order valence-corrected chi connectivity index (χ4v) is 4.96. The van der Waals surface area contributed by atoms with Crippen LogP contribution in [0.1, 0.15) is 41.3 Å². The molecule has 2 aliphatic rings. The number of benzene rings is 1. The smallest absolute Gasteiger partial charge is 0.410 e. The average Bonchev–Trinajstić information content (AvgIpc) is 3.41. The van der Waals surface area contributed by atoms with Gasteiger partial charge in [-0.25, -0.2) is 4.79 Å². The zero-order chi connectivity index (χ0) is 21.4. The van der Waals surface area contributed by atoms with Gasteiger partial charge in [-0.15, -0.1) is 0 Å². The van der Waals surface area contributed by atoms with Gasteiger partial charge >= 0.3 is 6.09 Å². The number of amides is 1. The number of ether oxygens (including phenoxy) is 1. The molecule has 0 radical (unpaired) electrons. The van der Waals surface area contributed by atoms with E-state index in [4.69, 9.17) is 4.74 Å². The lowest BCUT2D eigenvalue weighted by atomic mass is 10.0. The monoisotopic (exact) mass is 418 g/mol. The fourth-order valence-electron chi connectivity index (χ4n) is 4.96. The van der Waals surface area contributed by atoms with Crippen LogP contribution in [0.3, 0.4) is 0 Å². The van der Waals surface area contributed by atoms with Crippen molar-refractivity contribution in [3.8, 4) is 0 Å². The third-order valence-electron chi connectivity index (χ3n) is 6.63. The van der Waals surface area contributed by atoms with E-state index >= 15 is 0 Å². The molecule has 0 spiro atoms. The van der Waals surface area contributed by atoms with Crippen LogP contribution in [-0.4, -0.2) is 52.1 Å². The van der Waals surface area contributed by atoms with E-state index in [0.717, 1.165) is 51.0 Å². The standard InChI is InChI=1S/C25H30N4O2/c1-18-5-6-22-20(15-18)21-16-27(2)14-9-23(21)29(22)17-24(19-7-10-26-11-8-19)31-25(30)28-12-3-4-13-28/h5-8,10-11,15,24H,3-4,9,12-14,16-17H2,1-2H3. The molecular formula is C25H30N4O2. The molecule has 6 heteroatoms. The lowest BCUT2D eigenvalue weighted by Gasteiger charge is -2.27. The molecule has 1 saturated heterocycles. The number of hydrogen-bond donors (Lipinski definition) is 0. The number of nitrogens with zero attached hydrogens (tertiary/aromatic N) is 4. The highest BCUT2D eigenvalue weighted by Gasteiger charge is 2.28. The topological polar surface area (TPSA) is 50.6 Å². The van der Waals surface area contributed by atoms with E-state index in [1.807, 2.05) is 17.0 Å². The van der Waals surface area contributed by atoms with Crippen molar-refractivity contribution in [1.82, 2.24) is 19.4 Å². The quantitative estimate of drug-likeness (QED) is 0.634. The molecule has 5 rings (SSSR count). The normalized spacial score (nSPS) is 17.7. The predicted molar refractivity (Wildman–Crippen MR) is 121 cm³/mol. The van der Waals surface area contributed by atoms with Gasteiger partial charge in [0, 0.05) is 61.6 Å². The first-order valence-electron chi connectivity index (χ1n) is 11.2. The summed E-state index contributed by atoms with van der Waals surface area (Å²) >= 11 is 0. The Bertz CT molecular complexity index is 1090. The SMILES string of the molecule is Cc1ccc2c(c1)c1c(n2CC(OC(=O)N2CCCC2)c2ccncc2)CCN(C)C1. The van der Waals surface area contributed by atoms with Crippen molar-refractivity contribution >= 4 is 17.0 Å². The Morgan fingerprint density at radius 2 is 1.90 bits per heavy atom. The molecule has 0 bridgehead atoms. The van der Waals surface area contributed by atoms with Gasteiger partial charge in [0.25, 0.3) is 0 Å². The Balaban J connectivity index is 1.54. The van der Waals surface area contributed by atoms with E-state index in [-0.39, 0.29) is 12.2 Å². The zero-order valence-corrected chi connectivity index (χ0v) is 18.4. The molecule has 6 nitrogen and oxygen atoms in total. The first kappa shape index (κ1) is 20.1. The summed E-state index contributed by atoms with van der Waals surface area (Å²) in [6, 6.07) is 10.6. The number of carbonyl (C=O) groups is 1. The number of fused-ring (bicyclic) bond motifs is 3. The predicted octanol–water partition coefficient (Wildman–Crippen LogP) is 4.31. The Hall–Kier alpha value is -2.86. The van der Waals surface area contributed by atoms with Crippen LogP contribution in [0, 0.1) is 6.92 Å². The molecule has 0 N–H and O–H groups in total. The molecule has 0 saturated carbocycles. The Morgan fingerprint density at radius 3 is 2.68 bits per heavy atom. The maximum atomic E-state index is 12.9. The summed E-state index contributed by atoms with van der Waals surface area (Å²) in [4.78, 5) is 21.2. The number of likely N-dealkylation sites (tertiary alicyclic amines) is 1. The third-order valence-corrected chi connectivity index (χ3v) is 6.63. The molecule has 162 valence electrons. The number of pyridine rings is 1. The van der Waals surface area contributed by atoms with Gasteiger partial charge in [-0.3, -0.25) is 4.98 Å². The summed E-state index contributed by atoms with van der Waals surface area (Å²) in [6.45, 7) is 6.33. The first-order valence-corrected chi connectivity index (χ1v) is 11.2. The summed E-state index contributed by atoms with van der Waals surface area (Å²) in [6.07, 6.45) is 6.09. The maximum absolute atomic E-state index is 12.9. The summed E-state index contributed by atoms with van der Waals surface area (Å²) < 4.78 is 8.49. The summed E-state index contributed by atoms with van der Waals surface area (Å²) in [5, 5.41) is 1.32. The average molecular weight is 419 g/mol. The molecule has 1 atom stereocenters. The first-order chi connectivity index (χ1) is 15.1. The van der Waals surface area contributed by atoms with Gasteiger partial charge in [-0.1, -0.05) is 11.6 Å². The van der Waals surface area contributed by atoms with Crippen molar-refractivity contribution in [2.45, 2.75) is 45.4 Å². The van der Waals surface area contributed by atoms with Crippen molar-refractivity contribution < 1.29 is 9.53 Å². The zero-order valence-electron chi connectivity index (χ0n) is 18.4. The molecule has 4 heterocycles. The molecular weight excluding hydrogens is 388 g/mol. The minimum atomic E-state index is -0.350. The molecule has 1 fully saturated rings. The highest BCUT2D eigenvalue weighted by molar-refractivity contribution is 5.86. The van der Waals surface area contributed by atoms with Crippen LogP contribution in [0.5, 0.6) is 0 Å². The minimum Gasteiger partial charge on any atom is -0.439 e. The molecule has 2 aliphatic heterocycles. The fraction of sp³-hybridized carbons (Fsp3) is 0.440. The number of rotatable bonds is 4. The summed E-state index contributed by atoms with van der Waals surface area (Å²) in [5.74, 6) is 0. The van der Waals surface area contributed by atoms with Crippen LogP contribution < -0.4 is 0 Å². The second-order valence-electron chi connectivity index (χ2n) is 8.89. The lowest BCUT2D eigenvalue weighted by molar-refractivity contribution is 0.0600. The van der Waals surface area contributed by atoms with Crippen LogP contribution >= 0.6 is 0 Å². The van der Waals surface area contributed by atoms with Crippen LogP contribution in [0.4, 0.5) is 4.79 Å². The van der Waals surface area contributed by atoms with Crippen LogP contribution in [0.15, 0.2) is 42.7 Å². The van der Waals surface area contributed by atoms with Gasteiger partial charge in [0.1, 0.15) is 6.10 Å². The van der Waals surface area contributed by atoms with Crippen molar-refractivity contribution in [3.05, 3.63) is 65.1 Å². The number of aryl methyl sites for hydroxylation is 1. The van der Waals surface area contributed by atoms with Crippen LogP contribution in [-0.2, 0) is 24.2 Å². The number of hydrogen-bond acceptors (Lipinski definition) is 4. The molecule has 1 aromatic carbocycles. The Kier molecular flexibility index (Phi) is 5.40. The molecule has 31 heavy (non-hydrogen) atoms. The largest absolute Gasteiger partial charge is 0.439 e. The number of aromatic nitrogens is 2. The third kappa shape index (κ3) is 3.92. The highest BCUT2D eigenvalue weighted by atomic mass is 16.6. The van der Waals surface area contributed by atoms with E-state index in [0.29, 0.717) is 6.54 Å². The molecule has 3 aromatic rings. The van der Waals surface area contributed by atoms with Gasteiger partial charge in [-0.05, 0) is 62.2 Å². The second kappa shape index (κ2) is 8.35. The Labute approximate surface area is 183 Å². The van der Waals surface area contributed by atoms with Gasteiger partial charge < -0.3 is 19.1 Å². The van der Waals surface area contributed by atoms with Gasteiger partial charge in [0.15, 0.2) is 0 Å². The molecule has 0 aliphatic carbocycles. The maximum Gasteiger partial charge on any atom is 0.410 e. The molecule has 1 unspecified atom stereocenters. The van der Waals surface area contributed by atoms with Crippen molar-refractivity contribution in [2.24, 2.45) is 0 Å². The molecule has 2 aromatic heterocycles. The molecule has 1 amide bonds. The summed E-state index contributed by atoms with van der Waals surface area (Å²) in [5.41, 5.74) is 6.26.